The van der Waals surface area contributed by atoms with Gasteiger partial charge in [-0.2, -0.15) is 0 Å². The van der Waals surface area contributed by atoms with E-state index in [9.17, 15) is 4.79 Å². The van der Waals surface area contributed by atoms with Gasteiger partial charge in [0.1, 0.15) is 0 Å². The fourth-order valence-corrected chi connectivity index (χ4v) is 2.43. The lowest BCUT2D eigenvalue weighted by Gasteiger charge is -2.27. The lowest BCUT2D eigenvalue weighted by Crippen LogP contribution is -2.32. The maximum absolute atomic E-state index is 11.4. The maximum Gasteiger partial charge on any atom is 0.221 e. The molecule has 3 heteroatoms. The van der Waals surface area contributed by atoms with E-state index in [-0.39, 0.29) is 5.91 Å². The largest absolute Gasteiger partial charge is 0.356 e. The van der Waals surface area contributed by atoms with E-state index in [0.717, 1.165) is 24.9 Å². The number of hydrogen-bond donors (Lipinski definition) is 2. The number of nitrogens with one attached hydrogen (secondary N) is 2. The molecule has 0 atom stereocenters. The molecule has 1 saturated carbocycles. The molecule has 0 saturated heterocycles. The zero-order valence-corrected chi connectivity index (χ0v) is 10.7. The highest BCUT2D eigenvalue weighted by Crippen LogP contribution is 2.29. The van der Waals surface area contributed by atoms with E-state index in [1.165, 1.54) is 32.1 Å². The Morgan fingerprint density at radius 2 is 1.81 bits per heavy atom. The van der Waals surface area contributed by atoms with Crippen LogP contribution in [-0.2, 0) is 4.79 Å². The van der Waals surface area contributed by atoms with Gasteiger partial charge in [0.05, 0.1) is 0 Å². The number of carbonyl (C=O) groups excluding carboxylic acids is 1. The van der Waals surface area contributed by atoms with Crippen molar-refractivity contribution < 1.29 is 4.79 Å². The zero-order valence-electron chi connectivity index (χ0n) is 10.7. The summed E-state index contributed by atoms with van der Waals surface area (Å²) in [5.41, 5.74) is 0. The summed E-state index contributed by atoms with van der Waals surface area (Å²) in [6.45, 7) is 3.94. The standard InChI is InChI=1S/C13H26N2O/c1-3-11-4-6-12(7-5-11)10-15-13(16)8-9-14-2/h11-12,14H,3-10H2,1-2H3,(H,15,16). The molecule has 0 aromatic heterocycles. The van der Waals surface area contributed by atoms with Gasteiger partial charge in [-0.1, -0.05) is 26.2 Å². The van der Waals surface area contributed by atoms with Crippen LogP contribution in [0.4, 0.5) is 0 Å². The van der Waals surface area contributed by atoms with Crippen molar-refractivity contribution in [2.24, 2.45) is 11.8 Å². The number of carbonyl (C=O) groups is 1. The summed E-state index contributed by atoms with van der Waals surface area (Å²) < 4.78 is 0. The Bertz CT molecular complexity index is 198. The summed E-state index contributed by atoms with van der Waals surface area (Å²) in [6, 6.07) is 0. The van der Waals surface area contributed by atoms with E-state index in [2.05, 4.69) is 17.6 Å². The molecule has 16 heavy (non-hydrogen) atoms. The Morgan fingerprint density at radius 3 is 2.38 bits per heavy atom. The first kappa shape index (κ1) is 13.5. The molecule has 0 aliphatic heterocycles. The Hall–Kier alpha value is -0.570. The SMILES string of the molecule is CCC1CCC(CNC(=O)CCNC)CC1. The van der Waals surface area contributed by atoms with Gasteiger partial charge in [-0.15, -0.1) is 0 Å². The molecule has 94 valence electrons. The molecule has 1 aliphatic carbocycles. The van der Waals surface area contributed by atoms with Crippen LogP contribution < -0.4 is 10.6 Å². The molecule has 0 spiro atoms. The second kappa shape index (κ2) is 7.66. The van der Waals surface area contributed by atoms with Crippen molar-refractivity contribution in [2.45, 2.75) is 45.4 Å². The quantitative estimate of drug-likeness (QED) is 0.726. The van der Waals surface area contributed by atoms with Gasteiger partial charge >= 0.3 is 0 Å². The van der Waals surface area contributed by atoms with Gasteiger partial charge in [0.2, 0.25) is 5.91 Å². The topological polar surface area (TPSA) is 41.1 Å². The third-order valence-corrected chi connectivity index (χ3v) is 3.73. The van der Waals surface area contributed by atoms with E-state index < -0.39 is 0 Å². The van der Waals surface area contributed by atoms with Gasteiger partial charge in [-0.3, -0.25) is 4.79 Å². The molecule has 2 N–H and O–H groups in total. The van der Waals surface area contributed by atoms with Crippen molar-refractivity contribution >= 4 is 5.91 Å². The fraction of sp³-hybridized carbons (Fsp3) is 0.923. The Kier molecular flexibility index (Phi) is 6.46. The molecule has 1 fully saturated rings. The molecule has 0 heterocycles. The molecular formula is C13H26N2O. The predicted molar refractivity (Wildman–Crippen MR) is 67.3 cm³/mol. The molecule has 0 radical (unpaired) electrons. The normalized spacial score (nSPS) is 25.4. The van der Waals surface area contributed by atoms with Gasteiger partial charge in [0.25, 0.3) is 0 Å². The smallest absolute Gasteiger partial charge is 0.221 e. The van der Waals surface area contributed by atoms with Gasteiger partial charge < -0.3 is 10.6 Å². The van der Waals surface area contributed by atoms with E-state index in [0.29, 0.717) is 6.42 Å². The lowest BCUT2D eigenvalue weighted by molar-refractivity contribution is -0.121. The first-order chi connectivity index (χ1) is 7.76. The molecule has 1 amide bonds. The van der Waals surface area contributed by atoms with Crippen LogP contribution in [0, 0.1) is 11.8 Å². The first-order valence-electron chi connectivity index (χ1n) is 6.67. The minimum atomic E-state index is 0.187. The van der Waals surface area contributed by atoms with E-state index in [1.54, 1.807) is 0 Å². The average Bonchev–Trinajstić information content (AvgIpc) is 2.34. The Morgan fingerprint density at radius 1 is 1.19 bits per heavy atom. The van der Waals surface area contributed by atoms with Crippen LogP contribution in [0.1, 0.15) is 45.4 Å². The number of rotatable bonds is 6. The number of hydrogen-bond acceptors (Lipinski definition) is 2. The van der Waals surface area contributed by atoms with Crippen LogP contribution in [0.15, 0.2) is 0 Å². The third kappa shape index (κ3) is 4.97. The number of amides is 1. The van der Waals surface area contributed by atoms with Crippen molar-refractivity contribution in [2.75, 3.05) is 20.1 Å². The van der Waals surface area contributed by atoms with Gasteiger partial charge in [-0.25, -0.2) is 0 Å². The van der Waals surface area contributed by atoms with Crippen molar-refractivity contribution in [1.29, 1.82) is 0 Å². The van der Waals surface area contributed by atoms with Gasteiger partial charge in [0, 0.05) is 19.5 Å². The summed E-state index contributed by atoms with van der Waals surface area (Å²) in [6.07, 6.45) is 7.22. The van der Waals surface area contributed by atoms with Crippen LogP contribution in [0.3, 0.4) is 0 Å². The summed E-state index contributed by atoms with van der Waals surface area (Å²) in [7, 11) is 1.87. The minimum absolute atomic E-state index is 0.187. The van der Waals surface area contributed by atoms with Crippen LogP contribution in [0.25, 0.3) is 0 Å². The second-order valence-electron chi connectivity index (χ2n) is 4.95. The Balaban J connectivity index is 2.07. The monoisotopic (exact) mass is 226 g/mol. The molecule has 1 rings (SSSR count). The van der Waals surface area contributed by atoms with Crippen LogP contribution in [-0.4, -0.2) is 26.0 Å². The molecule has 0 bridgehead atoms. The lowest BCUT2D eigenvalue weighted by atomic mass is 9.81. The summed E-state index contributed by atoms with van der Waals surface area (Å²) >= 11 is 0. The first-order valence-corrected chi connectivity index (χ1v) is 6.67. The maximum atomic E-state index is 11.4. The van der Waals surface area contributed by atoms with Crippen LogP contribution in [0.5, 0.6) is 0 Å². The third-order valence-electron chi connectivity index (χ3n) is 3.73. The summed E-state index contributed by atoms with van der Waals surface area (Å²) in [4.78, 5) is 11.4. The molecule has 0 aromatic carbocycles. The van der Waals surface area contributed by atoms with Crippen molar-refractivity contribution in [1.82, 2.24) is 10.6 Å². The van der Waals surface area contributed by atoms with Gasteiger partial charge in [0.15, 0.2) is 0 Å². The molecule has 0 aromatic rings. The fourth-order valence-electron chi connectivity index (χ4n) is 2.43. The van der Waals surface area contributed by atoms with E-state index in [1.807, 2.05) is 7.05 Å². The van der Waals surface area contributed by atoms with Crippen molar-refractivity contribution in [3.8, 4) is 0 Å². The molecule has 3 nitrogen and oxygen atoms in total. The van der Waals surface area contributed by atoms with E-state index >= 15 is 0 Å². The minimum Gasteiger partial charge on any atom is -0.356 e. The predicted octanol–water partition coefficient (Wildman–Crippen LogP) is 1.93. The Labute approximate surface area is 99.4 Å². The average molecular weight is 226 g/mol. The van der Waals surface area contributed by atoms with Crippen molar-refractivity contribution in [3.63, 3.8) is 0 Å². The highest BCUT2D eigenvalue weighted by Gasteiger charge is 2.19. The van der Waals surface area contributed by atoms with Crippen molar-refractivity contribution in [3.05, 3.63) is 0 Å². The van der Waals surface area contributed by atoms with Crippen LogP contribution >= 0.6 is 0 Å². The van der Waals surface area contributed by atoms with Crippen LogP contribution in [0.2, 0.25) is 0 Å². The molecular weight excluding hydrogens is 200 g/mol. The summed E-state index contributed by atoms with van der Waals surface area (Å²) in [5.74, 6) is 1.85. The zero-order chi connectivity index (χ0) is 11.8. The highest BCUT2D eigenvalue weighted by molar-refractivity contribution is 5.76. The molecule has 1 aliphatic rings. The van der Waals surface area contributed by atoms with Gasteiger partial charge in [-0.05, 0) is 31.7 Å². The molecule has 0 unspecified atom stereocenters. The second-order valence-corrected chi connectivity index (χ2v) is 4.95. The summed E-state index contributed by atoms with van der Waals surface area (Å²) in [5, 5.41) is 6.03. The van der Waals surface area contributed by atoms with E-state index in [4.69, 9.17) is 0 Å². The highest BCUT2D eigenvalue weighted by atomic mass is 16.1.